The predicted molar refractivity (Wildman–Crippen MR) is 76.2 cm³/mol. The minimum absolute atomic E-state index is 0.201. The Labute approximate surface area is 115 Å². The smallest absolute Gasteiger partial charge is 0.138 e. The number of nitriles is 1. The van der Waals surface area contributed by atoms with Gasteiger partial charge in [-0.1, -0.05) is 6.07 Å². The van der Waals surface area contributed by atoms with Crippen LogP contribution in [-0.2, 0) is 0 Å². The maximum Gasteiger partial charge on any atom is 0.138 e. The second-order valence-electron chi connectivity index (χ2n) is 4.63. The van der Waals surface area contributed by atoms with Crippen LogP contribution in [0.2, 0.25) is 0 Å². The molecular weight excluding hydrogens is 330 g/mol. The molecule has 0 aromatic heterocycles. The molecule has 0 bridgehead atoms. The quantitative estimate of drug-likeness (QED) is 0.642. The van der Waals surface area contributed by atoms with E-state index in [4.69, 9.17) is 5.26 Å². The Hall–Kier alpha value is -0.830. The van der Waals surface area contributed by atoms with E-state index in [2.05, 4.69) is 11.4 Å². The topological polar surface area (TPSA) is 35.8 Å². The van der Waals surface area contributed by atoms with Crippen LogP contribution in [0, 0.1) is 26.1 Å². The molecule has 1 aromatic rings. The zero-order chi connectivity index (χ0) is 12.9. The summed E-state index contributed by atoms with van der Waals surface area (Å²) in [5.74, 6) is -0.201. The molecule has 0 fully saturated rings. The fraction of sp³-hybridized carbons (Fsp3) is 0.462. The molecule has 17 heavy (non-hydrogen) atoms. The number of rotatable bonds is 5. The normalized spacial score (nSPS) is 11.0. The second-order valence-corrected chi connectivity index (χ2v) is 5.71. The summed E-state index contributed by atoms with van der Waals surface area (Å²) in [5, 5.41) is 12.1. The average Bonchev–Trinajstić information content (AvgIpc) is 2.30. The van der Waals surface area contributed by atoms with E-state index in [1.807, 2.05) is 42.5 Å². The lowest BCUT2D eigenvalue weighted by atomic mass is 9.90. The standard InChI is InChI=1S/C13H16FIN2/c1-13(2,9-16)7-4-8-17-11-6-3-5-10(14)12(11)15/h3,5-6,17H,4,7-8H2,1-2H3. The van der Waals surface area contributed by atoms with Crippen LogP contribution < -0.4 is 5.32 Å². The van der Waals surface area contributed by atoms with Gasteiger partial charge < -0.3 is 5.32 Å². The van der Waals surface area contributed by atoms with Crippen molar-refractivity contribution < 1.29 is 4.39 Å². The first-order valence-corrected chi connectivity index (χ1v) is 6.63. The molecule has 0 aliphatic rings. The molecule has 0 saturated carbocycles. The molecule has 0 spiro atoms. The van der Waals surface area contributed by atoms with E-state index in [1.165, 1.54) is 6.07 Å². The van der Waals surface area contributed by atoms with E-state index >= 15 is 0 Å². The number of hydrogen-bond acceptors (Lipinski definition) is 2. The Morgan fingerprint density at radius 2 is 2.18 bits per heavy atom. The van der Waals surface area contributed by atoms with Crippen molar-refractivity contribution in [1.82, 2.24) is 0 Å². The SMILES string of the molecule is CC(C)(C#N)CCCNc1cccc(F)c1I. The molecule has 4 heteroatoms. The Morgan fingerprint density at radius 1 is 1.47 bits per heavy atom. The van der Waals surface area contributed by atoms with Gasteiger partial charge in [-0.25, -0.2) is 4.39 Å². The molecule has 2 nitrogen and oxygen atoms in total. The summed E-state index contributed by atoms with van der Waals surface area (Å²) < 4.78 is 13.9. The first-order valence-electron chi connectivity index (χ1n) is 5.55. The van der Waals surface area contributed by atoms with Crippen molar-refractivity contribution in [2.24, 2.45) is 5.41 Å². The number of halogens is 2. The fourth-order valence-electron chi connectivity index (χ4n) is 1.45. The molecule has 92 valence electrons. The van der Waals surface area contributed by atoms with E-state index in [0.717, 1.165) is 25.1 Å². The van der Waals surface area contributed by atoms with Gasteiger partial charge in [0, 0.05) is 6.54 Å². The van der Waals surface area contributed by atoms with Gasteiger partial charge in [0.05, 0.1) is 20.7 Å². The van der Waals surface area contributed by atoms with Gasteiger partial charge in [-0.2, -0.15) is 5.26 Å². The Balaban J connectivity index is 2.42. The van der Waals surface area contributed by atoms with Crippen molar-refractivity contribution in [2.45, 2.75) is 26.7 Å². The molecular formula is C13H16FIN2. The minimum Gasteiger partial charge on any atom is -0.384 e. The number of benzene rings is 1. The summed E-state index contributed by atoms with van der Waals surface area (Å²) >= 11 is 1.99. The summed E-state index contributed by atoms with van der Waals surface area (Å²) in [7, 11) is 0. The van der Waals surface area contributed by atoms with Gasteiger partial charge in [-0.3, -0.25) is 0 Å². The first-order chi connectivity index (χ1) is 7.96. The van der Waals surface area contributed by atoms with E-state index in [1.54, 1.807) is 6.07 Å². The van der Waals surface area contributed by atoms with E-state index < -0.39 is 0 Å². The third-order valence-corrected chi connectivity index (χ3v) is 3.64. The molecule has 0 radical (unpaired) electrons. The van der Waals surface area contributed by atoms with E-state index in [9.17, 15) is 4.39 Å². The van der Waals surface area contributed by atoms with Crippen molar-refractivity contribution in [3.8, 4) is 6.07 Å². The Morgan fingerprint density at radius 3 is 2.82 bits per heavy atom. The predicted octanol–water partition coefficient (Wildman–Crippen LogP) is 4.17. The highest BCUT2D eigenvalue weighted by atomic mass is 127. The highest BCUT2D eigenvalue weighted by molar-refractivity contribution is 14.1. The second kappa shape index (κ2) is 6.20. The van der Waals surface area contributed by atoms with E-state index in [-0.39, 0.29) is 11.2 Å². The van der Waals surface area contributed by atoms with Gasteiger partial charge in [0.2, 0.25) is 0 Å². The zero-order valence-electron chi connectivity index (χ0n) is 10.1. The van der Waals surface area contributed by atoms with Crippen LogP contribution in [-0.4, -0.2) is 6.54 Å². The first kappa shape index (κ1) is 14.2. The van der Waals surface area contributed by atoms with Gasteiger partial charge in [-0.05, 0) is 61.4 Å². The molecule has 0 saturated heterocycles. The maximum absolute atomic E-state index is 13.2. The monoisotopic (exact) mass is 346 g/mol. The molecule has 0 aliphatic carbocycles. The average molecular weight is 346 g/mol. The van der Waals surface area contributed by atoms with Crippen molar-refractivity contribution in [3.05, 3.63) is 27.6 Å². The number of anilines is 1. The van der Waals surface area contributed by atoms with Crippen LogP contribution >= 0.6 is 22.6 Å². The summed E-state index contributed by atoms with van der Waals surface area (Å²) in [5.41, 5.74) is 0.539. The molecule has 1 N–H and O–H groups in total. The van der Waals surface area contributed by atoms with Gasteiger partial charge in [0.25, 0.3) is 0 Å². The molecule has 0 aliphatic heterocycles. The number of nitrogens with zero attached hydrogens (tertiary/aromatic N) is 1. The number of nitrogens with one attached hydrogen (secondary N) is 1. The molecule has 1 aromatic carbocycles. The van der Waals surface area contributed by atoms with E-state index in [0.29, 0.717) is 3.57 Å². The third-order valence-electron chi connectivity index (χ3n) is 2.55. The molecule has 0 atom stereocenters. The summed E-state index contributed by atoms with van der Waals surface area (Å²) in [4.78, 5) is 0. The lowest BCUT2D eigenvalue weighted by Crippen LogP contribution is -2.11. The highest BCUT2D eigenvalue weighted by Gasteiger charge is 2.15. The molecule has 0 amide bonds. The molecule has 0 unspecified atom stereocenters. The lowest BCUT2D eigenvalue weighted by molar-refractivity contribution is 0.441. The van der Waals surface area contributed by atoms with Gasteiger partial charge >= 0.3 is 0 Å². The lowest BCUT2D eigenvalue weighted by Gasteiger charge is -2.15. The van der Waals surface area contributed by atoms with Gasteiger partial charge in [0.15, 0.2) is 0 Å². The van der Waals surface area contributed by atoms with Crippen molar-refractivity contribution in [2.75, 3.05) is 11.9 Å². The largest absolute Gasteiger partial charge is 0.384 e. The Bertz CT molecular complexity index is 424. The maximum atomic E-state index is 13.2. The molecule has 1 rings (SSSR count). The van der Waals surface area contributed by atoms with Crippen LogP contribution in [0.4, 0.5) is 10.1 Å². The van der Waals surface area contributed by atoms with Crippen LogP contribution in [0.1, 0.15) is 26.7 Å². The molecule has 0 heterocycles. The Kier molecular flexibility index (Phi) is 5.19. The highest BCUT2D eigenvalue weighted by Crippen LogP contribution is 2.23. The fourth-order valence-corrected chi connectivity index (χ4v) is 2.00. The minimum atomic E-state index is -0.281. The van der Waals surface area contributed by atoms with Crippen molar-refractivity contribution in [1.29, 1.82) is 5.26 Å². The van der Waals surface area contributed by atoms with Gasteiger partial charge in [-0.15, -0.1) is 0 Å². The van der Waals surface area contributed by atoms with Gasteiger partial charge in [0.1, 0.15) is 5.82 Å². The van der Waals surface area contributed by atoms with Crippen LogP contribution in [0.25, 0.3) is 0 Å². The van der Waals surface area contributed by atoms with Crippen molar-refractivity contribution >= 4 is 28.3 Å². The third kappa shape index (κ3) is 4.50. The summed E-state index contributed by atoms with van der Waals surface area (Å²) in [6, 6.07) is 7.28. The summed E-state index contributed by atoms with van der Waals surface area (Å²) in [6.07, 6.45) is 1.73. The summed E-state index contributed by atoms with van der Waals surface area (Å²) in [6.45, 7) is 4.61. The van der Waals surface area contributed by atoms with Crippen LogP contribution in [0.5, 0.6) is 0 Å². The van der Waals surface area contributed by atoms with Crippen LogP contribution in [0.15, 0.2) is 18.2 Å². The van der Waals surface area contributed by atoms with Crippen molar-refractivity contribution in [3.63, 3.8) is 0 Å². The zero-order valence-corrected chi connectivity index (χ0v) is 12.2. The number of hydrogen-bond donors (Lipinski definition) is 1. The van der Waals surface area contributed by atoms with Crippen LogP contribution in [0.3, 0.4) is 0 Å².